The monoisotopic (exact) mass is 1490 g/mol. The van der Waals surface area contributed by atoms with Gasteiger partial charge in [0.05, 0.1) is 5.56 Å². The number of amides is 6. The lowest BCUT2D eigenvalue weighted by Gasteiger charge is -2.29. The Bertz CT molecular complexity index is 4400. The Morgan fingerprint density at radius 2 is 0.661 bits per heavy atom. The summed E-state index contributed by atoms with van der Waals surface area (Å²) in [7, 11) is 3.18. The van der Waals surface area contributed by atoms with Gasteiger partial charge in [0.1, 0.15) is 40.7 Å². The molecule has 0 radical (unpaired) electrons. The van der Waals surface area contributed by atoms with Gasteiger partial charge in [-0.2, -0.15) is 0 Å². The van der Waals surface area contributed by atoms with Gasteiger partial charge in [0, 0.05) is 69.8 Å². The maximum atomic E-state index is 12.8. The second-order valence-corrected chi connectivity index (χ2v) is 31.3. The van der Waals surface area contributed by atoms with Crippen LogP contribution in [0.2, 0.25) is 0 Å². The number of carboxylic acid groups (broad SMARTS) is 1. The number of aromatic nitrogens is 12. The fourth-order valence-corrected chi connectivity index (χ4v) is 9.30. The van der Waals surface area contributed by atoms with Gasteiger partial charge in [-0.3, -0.25) is 24.2 Å². The summed E-state index contributed by atoms with van der Waals surface area (Å²) in [5.74, 6) is 0.0855. The maximum Gasteiger partial charge on any atom is 0.410 e. The molecule has 0 saturated heterocycles. The smallest absolute Gasteiger partial charge is 0.410 e. The predicted octanol–water partition coefficient (Wildman–Crippen LogP) is 13.3. The number of hydrogen-bond acceptors (Lipinski definition) is 24. The van der Waals surface area contributed by atoms with E-state index in [9.17, 15) is 43.8 Å². The van der Waals surface area contributed by atoms with Gasteiger partial charge in [-0.25, -0.2) is 19.2 Å². The molecular weight excluding hydrogens is 1390 g/mol. The van der Waals surface area contributed by atoms with E-state index >= 15 is 0 Å². The number of hydrogen-bond donors (Lipinski definition) is 7. The van der Waals surface area contributed by atoms with Crippen LogP contribution in [0.1, 0.15) is 187 Å². The number of rotatable bonds is 16. The average molecular weight is 1490 g/mol. The minimum Gasteiger partial charge on any atom is -0.508 e. The molecule has 0 fully saturated rings. The van der Waals surface area contributed by atoms with Crippen LogP contribution in [-0.2, 0) is 28.6 Å². The van der Waals surface area contributed by atoms with Gasteiger partial charge in [0.2, 0.25) is 46.8 Å². The van der Waals surface area contributed by atoms with Crippen molar-refractivity contribution in [3.8, 4) is 39.9 Å². The molecule has 3 heterocycles. The molecule has 0 aliphatic carbocycles. The van der Waals surface area contributed by atoms with E-state index in [0.29, 0.717) is 56.4 Å². The molecule has 6 amide bonds. The zero-order valence-electron chi connectivity index (χ0n) is 64.9. The van der Waals surface area contributed by atoms with Crippen molar-refractivity contribution in [3.05, 3.63) is 185 Å². The van der Waals surface area contributed by atoms with Gasteiger partial charge in [-0.1, -0.05) is 98.7 Å². The Kier molecular flexibility index (Phi) is 26.7. The number of nitrogens with one attached hydrogen (secondary N) is 4. The number of phenols is 1. The molecule has 0 aliphatic heterocycles. The largest absolute Gasteiger partial charge is 0.508 e. The topological polar surface area (TPSA) is 423 Å². The summed E-state index contributed by atoms with van der Waals surface area (Å²) >= 11 is 0. The van der Waals surface area contributed by atoms with Gasteiger partial charge >= 0.3 is 24.2 Å². The highest BCUT2D eigenvalue weighted by Gasteiger charge is 2.34. The molecule has 0 aliphatic rings. The quantitative estimate of drug-likeness (QED) is 0.0349. The molecule has 0 bridgehead atoms. The van der Waals surface area contributed by atoms with Gasteiger partial charge in [-0.05, 0) is 188 Å². The van der Waals surface area contributed by atoms with Gasteiger partial charge in [0.25, 0.3) is 0 Å². The van der Waals surface area contributed by atoms with Crippen molar-refractivity contribution in [2.75, 3.05) is 35.8 Å². The van der Waals surface area contributed by atoms with E-state index in [0.717, 1.165) is 5.56 Å². The maximum absolute atomic E-state index is 12.8. The van der Waals surface area contributed by atoms with Crippen LogP contribution in [-0.4, -0.2) is 154 Å². The number of benzene rings is 6. The SMILES string of the molecule is CC(C)(C)OC(=O)NC(c1ccc(C(=O)O)cc1)c1nnc(-c2ccc(NC(=O)C(C)(C)C)cc2)nn1.CN(C(=O)OC(C)(C)C)C(c1ccc(N)cc1)c1nnc(-c2ccc(NC(=O)C(C)(C)C)cc2)nn1.CN(C(=O)OC(C)(C)C)C(c1ccc(O)cc1)c1nnc(-c2ccc(NC(=O)C(C)(C)C)cc2)nn1. The highest BCUT2D eigenvalue weighted by molar-refractivity contribution is 5.96. The molecular formula is C78H95N19O12. The van der Waals surface area contributed by atoms with E-state index in [4.69, 9.17) is 19.9 Å². The number of aromatic carboxylic acids is 1. The zero-order chi connectivity index (χ0) is 80.7. The summed E-state index contributed by atoms with van der Waals surface area (Å²) in [4.78, 5) is 88.7. The van der Waals surface area contributed by atoms with Gasteiger partial charge < -0.3 is 51.4 Å². The summed E-state index contributed by atoms with van der Waals surface area (Å²) in [6, 6.07) is 38.1. The third-order valence-corrected chi connectivity index (χ3v) is 15.2. The molecule has 3 atom stereocenters. The van der Waals surface area contributed by atoms with Crippen LogP contribution in [0.15, 0.2) is 146 Å². The average Bonchev–Trinajstić information content (AvgIpc) is 0.778. The number of ether oxygens (including phenoxy) is 3. The number of nitrogen functional groups attached to an aromatic ring is 1. The van der Waals surface area contributed by atoms with E-state index in [1.807, 2.05) is 62.3 Å². The minimum atomic E-state index is -1.07. The number of phenolic OH excluding ortho intramolecular Hbond substituents is 1. The van der Waals surface area contributed by atoms with Crippen LogP contribution < -0.4 is 27.0 Å². The number of nitrogens with zero attached hydrogens (tertiary/aromatic N) is 14. The van der Waals surface area contributed by atoms with E-state index in [1.165, 1.54) is 34.1 Å². The molecule has 9 aromatic rings. The Hall–Kier alpha value is -12.6. The Labute approximate surface area is 633 Å². The summed E-state index contributed by atoms with van der Waals surface area (Å²) in [6.45, 7) is 32.5. The summed E-state index contributed by atoms with van der Waals surface area (Å²) < 4.78 is 16.4. The first-order chi connectivity index (χ1) is 50.7. The zero-order valence-corrected chi connectivity index (χ0v) is 64.9. The lowest BCUT2D eigenvalue weighted by atomic mass is 9.95. The van der Waals surface area contributed by atoms with Crippen LogP contribution in [0.3, 0.4) is 0 Å². The van der Waals surface area contributed by atoms with E-state index in [1.54, 1.807) is 198 Å². The molecule has 109 heavy (non-hydrogen) atoms. The highest BCUT2D eigenvalue weighted by Crippen LogP contribution is 2.32. The van der Waals surface area contributed by atoms with Crippen molar-refractivity contribution in [1.82, 2.24) is 76.3 Å². The number of carboxylic acids is 1. The van der Waals surface area contributed by atoms with E-state index in [2.05, 4.69) is 82.5 Å². The Morgan fingerprint density at radius 3 is 0.945 bits per heavy atom. The van der Waals surface area contributed by atoms with Crippen LogP contribution in [0.25, 0.3) is 34.2 Å². The summed E-state index contributed by atoms with van der Waals surface area (Å²) in [5.41, 5.74) is 8.72. The number of carbonyl (C=O) groups is 7. The van der Waals surface area contributed by atoms with Crippen molar-refractivity contribution in [2.45, 2.75) is 160 Å². The molecule has 9 rings (SSSR count). The fraction of sp³-hybridized carbons (Fsp3) is 0.372. The first-order valence-corrected chi connectivity index (χ1v) is 34.6. The molecule has 3 aromatic heterocycles. The van der Waals surface area contributed by atoms with E-state index < -0.39 is 75.4 Å². The molecule has 31 nitrogen and oxygen atoms in total. The van der Waals surface area contributed by atoms with Crippen molar-refractivity contribution in [1.29, 1.82) is 0 Å². The Morgan fingerprint density at radius 1 is 0.376 bits per heavy atom. The molecule has 3 unspecified atom stereocenters. The molecule has 8 N–H and O–H groups in total. The van der Waals surface area contributed by atoms with Gasteiger partial charge in [-0.15, -0.1) is 61.2 Å². The number of aromatic hydroxyl groups is 1. The molecule has 31 heteroatoms. The predicted molar refractivity (Wildman–Crippen MR) is 409 cm³/mol. The van der Waals surface area contributed by atoms with Crippen LogP contribution in [0.5, 0.6) is 5.75 Å². The Balaban J connectivity index is 0.000000228. The van der Waals surface area contributed by atoms with Gasteiger partial charge in [0.15, 0.2) is 5.82 Å². The molecule has 574 valence electrons. The standard InChI is InChI=1S/C26H33N7O3.C26H30N6O5.C26H32N6O4/c1-25(2,3)23(34)28-19-14-10-17(11-15-19)21-29-31-22(32-30-21)20(16-8-12-18(27)13-9-16)33(7)24(35)36-26(4,5)6;1-25(2,3)23(35)27-18-13-11-16(12-14-18)20-29-31-21(32-30-20)19(28-24(36)37-26(4,5)6)15-7-9-17(10-8-15)22(33)34;1-25(2,3)23(34)27-18-12-8-17(9-13-18)21-28-30-22(31-29-21)20(16-10-14-19(33)15-11-16)32(7)24(35)36-26(4,5)6/h8-15,20H,27H2,1-7H3,(H,28,34);7-14,19H,1-6H3,(H,27,35)(H,28,36)(H,33,34);8-15,20,33H,1-7H3,(H,27,34). The summed E-state index contributed by atoms with van der Waals surface area (Å²) in [5, 5.41) is 80.8. The third kappa shape index (κ3) is 25.0. The number of alkyl carbamates (subject to hydrolysis) is 1. The number of carbonyl (C=O) groups excluding carboxylic acids is 6. The fourth-order valence-electron chi connectivity index (χ4n) is 9.30. The normalized spacial score (nSPS) is 12.5. The first kappa shape index (κ1) is 83.7. The number of anilines is 4. The molecule has 0 spiro atoms. The molecule has 6 aromatic carbocycles. The first-order valence-electron chi connectivity index (χ1n) is 34.6. The van der Waals surface area contributed by atoms with Crippen molar-refractivity contribution < 1.29 is 58.0 Å². The van der Waals surface area contributed by atoms with Crippen LogP contribution in [0.4, 0.5) is 37.1 Å². The van der Waals surface area contributed by atoms with Crippen molar-refractivity contribution in [2.24, 2.45) is 16.2 Å². The number of nitrogens with two attached hydrogens (primary N) is 1. The lowest BCUT2D eigenvalue weighted by Crippen LogP contribution is -2.38. The van der Waals surface area contributed by atoms with Crippen molar-refractivity contribution >= 4 is 64.7 Å². The second kappa shape index (κ2) is 34.8. The van der Waals surface area contributed by atoms with Crippen molar-refractivity contribution in [3.63, 3.8) is 0 Å². The van der Waals surface area contributed by atoms with Crippen LogP contribution in [0, 0.1) is 16.2 Å². The minimum absolute atomic E-state index is 0.0815. The highest BCUT2D eigenvalue weighted by atomic mass is 16.6. The second-order valence-electron chi connectivity index (χ2n) is 31.3. The molecule has 0 saturated carbocycles. The van der Waals surface area contributed by atoms with Crippen LogP contribution >= 0.6 is 0 Å². The van der Waals surface area contributed by atoms with E-state index in [-0.39, 0.29) is 58.2 Å². The lowest BCUT2D eigenvalue weighted by molar-refractivity contribution is -0.123. The summed E-state index contributed by atoms with van der Waals surface area (Å²) in [6.07, 6.45) is -1.81. The third-order valence-electron chi connectivity index (χ3n) is 15.2.